The summed E-state index contributed by atoms with van der Waals surface area (Å²) < 4.78 is 0. The van der Waals surface area contributed by atoms with E-state index in [-0.39, 0.29) is 5.41 Å². The van der Waals surface area contributed by atoms with Gasteiger partial charge in [-0.2, -0.15) is 0 Å². The van der Waals surface area contributed by atoms with Crippen molar-refractivity contribution in [3.63, 3.8) is 0 Å². The summed E-state index contributed by atoms with van der Waals surface area (Å²) in [6.07, 6.45) is 4.57. The zero-order valence-electron chi connectivity index (χ0n) is 11.4. The highest BCUT2D eigenvalue weighted by Crippen LogP contribution is 2.22. The van der Waals surface area contributed by atoms with Crippen molar-refractivity contribution in [3.05, 3.63) is 0 Å². The highest BCUT2D eigenvalue weighted by molar-refractivity contribution is 5.96. The van der Waals surface area contributed by atoms with Gasteiger partial charge in [-0.3, -0.25) is 9.59 Å². The second kappa shape index (κ2) is 7.30. The van der Waals surface area contributed by atoms with Gasteiger partial charge in [0.1, 0.15) is 5.92 Å². The third-order valence-electron chi connectivity index (χ3n) is 2.96. The van der Waals surface area contributed by atoms with Crippen molar-refractivity contribution in [2.24, 2.45) is 11.3 Å². The maximum absolute atomic E-state index is 11.5. The highest BCUT2D eigenvalue weighted by Gasteiger charge is 2.23. The molecule has 1 unspecified atom stereocenters. The Kier molecular flexibility index (Phi) is 6.85. The van der Waals surface area contributed by atoms with Crippen LogP contribution in [0.4, 0.5) is 0 Å². The van der Waals surface area contributed by atoms with Gasteiger partial charge < -0.3 is 10.4 Å². The summed E-state index contributed by atoms with van der Waals surface area (Å²) in [6, 6.07) is 0. The van der Waals surface area contributed by atoms with Crippen LogP contribution >= 0.6 is 0 Å². The number of rotatable bonds is 8. The van der Waals surface area contributed by atoms with Crippen molar-refractivity contribution in [2.45, 2.75) is 53.4 Å². The van der Waals surface area contributed by atoms with Crippen molar-refractivity contribution in [3.8, 4) is 0 Å². The molecule has 4 nitrogen and oxygen atoms in total. The number of hydrogen-bond acceptors (Lipinski definition) is 2. The summed E-state index contributed by atoms with van der Waals surface area (Å²) in [6.45, 7) is 8.28. The average molecular weight is 243 g/mol. The molecule has 0 radical (unpaired) electrons. The van der Waals surface area contributed by atoms with E-state index >= 15 is 0 Å². The van der Waals surface area contributed by atoms with Gasteiger partial charge in [-0.15, -0.1) is 0 Å². The molecule has 100 valence electrons. The fourth-order valence-electron chi connectivity index (χ4n) is 1.53. The van der Waals surface area contributed by atoms with E-state index in [0.717, 1.165) is 12.8 Å². The highest BCUT2D eigenvalue weighted by atomic mass is 16.4. The fourth-order valence-corrected chi connectivity index (χ4v) is 1.53. The molecule has 0 saturated carbocycles. The van der Waals surface area contributed by atoms with Gasteiger partial charge in [-0.05, 0) is 18.8 Å². The number of carbonyl (C=O) groups is 2. The number of aliphatic carboxylic acids is 1. The number of nitrogens with one attached hydrogen (secondary N) is 1. The van der Waals surface area contributed by atoms with E-state index in [1.165, 1.54) is 19.8 Å². The second-order valence-electron chi connectivity index (χ2n) is 5.40. The topological polar surface area (TPSA) is 66.4 Å². The van der Waals surface area contributed by atoms with E-state index in [1.807, 2.05) is 0 Å². The van der Waals surface area contributed by atoms with Crippen LogP contribution in [0.3, 0.4) is 0 Å². The van der Waals surface area contributed by atoms with Crippen molar-refractivity contribution < 1.29 is 14.7 Å². The predicted octanol–water partition coefficient (Wildman–Crippen LogP) is 2.43. The zero-order valence-corrected chi connectivity index (χ0v) is 11.4. The van der Waals surface area contributed by atoms with E-state index in [9.17, 15) is 9.59 Å². The molecular formula is C13H25NO3. The van der Waals surface area contributed by atoms with Crippen LogP contribution in [0.2, 0.25) is 0 Å². The van der Waals surface area contributed by atoms with Crippen LogP contribution in [0.5, 0.6) is 0 Å². The number of carboxylic acids is 1. The molecule has 2 N–H and O–H groups in total. The van der Waals surface area contributed by atoms with E-state index in [0.29, 0.717) is 6.54 Å². The van der Waals surface area contributed by atoms with Gasteiger partial charge in [0.25, 0.3) is 0 Å². The predicted molar refractivity (Wildman–Crippen MR) is 67.7 cm³/mol. The van der Waals surface area contributed by atoms with Crippen LogP contribution in [0.15, 0.2) is 0 Å². The zero-order chi connectivity index (χ0) is 13.5. The Balaban J connectivity index is 4.00. The maximum Gasteiger partial charge on any atom is 0.315 e. The number of amides is 1. The monoisotopic (exact) mass is 243 g/mol. The lowest BCUT2D eigenvalue weighted by Crippen LogP contribution is -2.39. The lowest BCUT2D eigenvalue weighted by atomic mass is 9.86. The number of carbonyl (C=O) groups excluding carboxylic acids is 1. The summed E-state index contributed by atoms with van der Waals surface area (Å²) in [5, 5.41) is 11.4. The second-order valence-corrected chi connectivity index (χ2v) is 5.40. The molecule has 0 aliphatic rings. The SMILES string of the molecule is CCCCCC(C)(C)CNC(=O)C(C)C(=O)O. The lowest BCUT2D eigenvalue weighted by Gasteiger charge is -2.25. The smallest absolute Gasteiger partial charge is 0.315 e. The number of carboxylic acid groups (broad SMARTS) is 1. The first-order valence-electron chi connectivity index (χ1n) is 6.30. The first-order chi connectivity index (χ1) is 7.80. The minimum atomic E-state index is -1.08. The molecule has 0 fully saturated rings. The summed E-state index contributed by atoms with van der Waals surface area (Å²) in [5.41, 5.74) is 0.0308. The fraction of sp³-hybridized carbons (Fsp3) is 0.846. The number of hydrogen-bond donors (Lipinski definition) is 2. The van der Waals surface area contributed by atoms with E-state index in [2.05, 4.69) is 26.1 Å². The standard InChI is InChI=1S/C13H25NO3/c1-5-6-7-8-13(3,4)9-14-11(15)10(2)12(16)17/h10H,5-9H2,1-4H3,(H,14,15)(H,16,17). The van der Waals surface area contributed by atoms with E-state index in [4.69, 9.17) is 5.11 Å². The Morgan fingerprint density at radius 1 is 1.29 bits per heavy atom. The van der Waals surface area contributed by atoms with Crippen LogP contribution in [0, 0.1) is 11.3 Å². The number of unbranched alkanes of at least 4 members (excludes halogenated alkanes) is 2. The van der Waals surface area contributed by atoms with Crippen LogP contribution < -0.4 is 5.32 Å². The van der Waals surface area contributed by atoms with Gasteiger partial charge in [0.2, 0.25) is 5.91 Å². The molecule has 0 rings (SSSR count). The van der Waals surface area contributed by atoms with Crippen LogP contribution in [0.25, 0.3) is 0 Å². The lowest BCUT2D eigenvalue weighted by molar-refractivity contribution is -0.146. The Bertz CT molecular complexity index is 261. The molecule has 1 atom stereocenters. The van der Waals surface area contributed by atoms with Crippen LogP contribution in [-0.2, 0) is 9.59 Å². The molecule has 0 aromatic carbocycles. The Morgan fingerprint density at radius 2 is 1.88 bits per heavy atom. The third-order valence-corrected chi connectivity index (χ3v) is 2.96. The van der Waals surface area contributed by atoms with Gasteiger partial charge >= 0.3 is 5.97 Å². The largest absolute Gasteiger partial charge is 0.481 e. The Morgan fingerprint density at radius 3 is 2.35 bits per heavy atom. The normalized spacial score (nSPS) is 13.2. The molecule has 0 saturated heterocycles. The summed E-state index contributed by atoms with van der Waals surface area (Å²) in [7, 11) is 0. The maximum atomic E-state index is 11.5. The summed E-state index contributed by atoms with van der Waals surface area (Å²) >= 11 is 0. The molecule has 0 bridgehead atoms. The van der Waals surface area contributed by atoms with E-state index < -0.39 is 17.8 Å². The van der Waals surface area contributed by atoms with Crippen molar-refractivity contribution in [1.82, 2.24) is 5.32 Å². The van der Waals surface area contributed by atoms with Crippen LogP contribution in [0.1, 0.15) is 53.4 Å². The first-order valence-corrected chi connectivity index (χ1v) is 6.30. The molecule has 17 heavy (non-hydrogen) atoms. The van der Waals surface area contributed by atoms with Gasteiger partial charge in [0.15, 0.2) is 0 Å². The first kappa shape index (κ1) is 15.9. The summed E-state index contributed by atoms with van der Waals surface area (Å²) in [4.78, 5) is 22.1. The molecule has 4 heteroatoms. The van der Waals surface area contributed by atoms with Gasteiger partial charge in [0.05, 0.1) is 0 Å². The van der Waals surface area contributed by atoms with Crippen molar-refractivity contribution in [2.75, 3.05) is 6.54 Å². The third kappa shape index (κ3) is 6.97. The molecule has 0 aromatic rings. The molecule has 0 spiro atoms. The summed E-state index contributed by atoms with van der Waals surface area (Å²) in [5.74, 6) is -2.45. The molecule has 0 aliphatic carbocycles. The van der Waals surface area contributed by atoms with Gasteiger partial charge in [0, 0.05) is 6.54 Å². The molecule has 0 aliphatic heterocycles. The quantitative estimate of drug-likeness (QED) is 0.508. The Hall–Kier alpha value is -1.06. The minimum absolute atomic E-state index is 0.0308. The Labute approximate surface area is 104 Å². The van der Waals surface area contributed by atoms with Crippen molar-refractivity contribution >= 4 is 11.9 Å². The molecular weight excluding hydrogens is 218 g/mol. The molecule has 0 heterocycles. The molecule has 1 amide bonds. The molecule has 0 aromatic heterocycles. The minimum Gasteiger partial charge on any atom is -0.481 e. The van der Waals surface area contributed by atoms with Crippen molar-refractivity contribution in [1.29, 1.82) is 0 Å². The average Bonchev–Trinajstić information content (AvgIpc) is 2.25. The van der Waals surface area contributed by atoms with E-state index in [1.54, 1.807) is 0 Å². The van der Waals surface area contributed by atoms with Gasteiger partial charge in [-0.25, -0.2) is 0 Å². The van der Waals surface area contributed by atoms with Gasteiger partial charge in [-0.1, -0.05) is 40.0 Å². The van der Waals surface area contributed by atoms with Crippen LogP contribution in [-0.4, -0.2) is 23.5 Å².